The van der Waals surface area contributed by atoms with Crippen molar-refractivity contribution in [1.29, 1.82) is 0 Å². The number of halogens is 1. The monoisotopic (exact) mass is 502 g/mol. The first-order valence-electron chi connectivity index (χ1n) is 10.8. The highest BCUT2D eigenvalue weighted by Crippen LogP contribution is 2.38. The third-order valence-corrected chi connectivity index (χ3v) is 8.46. The van der Waals surface area contributed by atoms with E-state index < -0.39 is 16.3 Å². The number of nitrogens with zero attached hydrogens (tertiary/aromatic N) is 2. The number of rotatable bonds is 6. The van der Waals surface area contributed by atoms with Crippen LogP contribution in [0.3, 0.4) is 0 Å². The second-order valence-corrected chi connectivity index (χ2v) is 10.8. The molecule has 1 atom stereocenters. The number of morpholine rings is 1. The lowest BCUT2D eigenvalue weighted by Gasteiger charge is -2.28. The van der Waals surface area contributed by atoms with Crippen LogP contribution in [0.15, 0.2) is 70.7 Å². The number of aromatic nitrogens is 1. The molecule has 2 aliphatic rings. The fraction of sp³-hybridized carbons (Fsp3) is 0.292. The highest BCUT2D eigenvalue weighted by molar-refractivity contribution is 7.98. The topological polar surface area (TPSA) is 78.0 Å². The number of hydrogen-bond donors (Lipinski definition) is 0. The van der Waals surface area contributed by atoms with Crippen LogP contribution in [0, 0.1) is 5.82 Å². The Morgan fingerprint density at radius 3 is 2.62 bits per heavy atom. The van der Waals surface area contributed by atoms with Crippen molar-refractivity contribution in [3.63, 3.8) is 0 Å². The number of sulfonamides is 1. The van der Waals surface area contributed by atoms with Gasteiger partial charge in [0.05, 0.1) is 24.8 Å². The van der Waals surface area contributed by atoms with Crippen molar-refractivity contribution in [2.24, 2.45) is 0 Å². The zero-order chi connectivity index (χ0) is 23.5. The van der Waals surface area contributed by atoms with E-state index in [4.69, 9.17) is 14.2 Å². The van der Waals surface area contributed by atoms with Crippen LogP contribution < -0.4 is 4.74 Å². The minimum Gasteiger partial charge on any atom is -0.460 e. The molecule has 0 spiro atoms. The van der Waals surface area contributed by atoms with Gasteiger partial charge in [-0.15, -0.1) is 11.8 Å². The molecule has 1 fully saturated rings. The zero-order valence-corrected chi connectivity index (χ0v) is 19.9. The molecule has 178 valence electrons. The molecule has 2 aromatic carbocycles. The van der Waals surface area contributed by atoms with E-state index in [0.717, 1.165) is 5.56 Å². The molecular formula is C24H23FN2O5S2. The Labute approximate surface area is 201 Å². The number of fused-ring (bicyclic) bond motifs is 1. The summed E-state index contributed by atoms with van der Waals surface area (Å²) in [4.78, 5) is 4.46. The summed E-state index contributed by atoms with van der Waals surface area (Å²) >= 11 is 1.38. The van der Waals surface area contributed by atoms with E-state index in [1.54, 1.807) is 12.1 Å². The summed E-state index contributed by atoms with van der Waals surface area (Å²) in [5, 5.41) is 0.630. The van der Waals surface area contributed by atoms with Crippen LogP contribution in [-0.4, -0.2) is 44.0 Å². The minimum atomic E-state index is -3.60. The zero-order valence-electron chi connectivity index (χ0n) is 18.2. The van der Waals surface area contributed by atoms with Gasteiger partial charge in [0.1, 0.15) is 16.5 Å². The second kappa shape index (κ2) is 10.0. The van der Waals surface area contributed by atoms with E-state index in [9.17, 15) is 12.8 Å². The van der Waals surface area contributed by atoms with Crippen LogP contribution in [0.2, 0.25) is 0 Å². The van der Waals surface area contributed by atoms with E-state index in [1.165, 1.54) is 34.4 Å². The molecule has 5 rings (SSSR count). The highest BCUT2D eigenvalue weighted by Gasteiger charge is 2.27. The first kappa shape index (κ1) is 23.3. The van der Waals surface area contributed by atoms with Crippen LogP contribution in [0.1, 0.15) is 23.0 Å². The van der Waals surface area contributed by atoms with E-state index >= 15 is 0 Å². The van der Waals surface area contributed by atoms with Gasteiger partial charge in [0.15, 0.2) is 0 Å². The first-order chi connectivity index (χ1) is 16.5. The third kappa shape index (κ3) is 4.96. The van der Waals surface area contributed by atoms with Crippen molar-refractivity contribution in [2.75, 3.05) is 26.3 Å². The molecule has 2 aliphatic heterocycles. The quantitative estimate of drug-likeness (QED) is 0.469. The van der Waals surface area contributed by atoms with Gasteiger partial charge >= 0.3 is 0 Å². The van der Waals surface area contributed by atoms with Crippen molar-refractivity contribution < 1.29 is 27.0 Å². The van der Waals surface area contributed by atoms with Gasteiger partial charge in [-0.2, -0.15) is 4.31 Å². The van der Waals surface area contributed by atoms with E-state index in [-0.39, 0.29) is 17.3 Å². The lowest BCUT2D eigenvalue weighted by atomic mass is 10.1. The Morgan fingerprint density at radius 1 is 1.09 bits per heavy atom. The number of thioether (sulfide) groups is 1. The van der Waals surface area contributed by atoms with E-state index in [2.05, 4.69) is 4.98 Å². The molecule has 3 heterocycles. The molecule has 0 amide bonds. The Bertz CT molecular complexity index is 1250. The molecule has 1 aromatic heterocycles. The summed E-state index contributed by atoms with van der Waals surface area (Å²) in [5.74, 6) is 0.657. The molecule has 10 heteroatoms. The van der Waals surface area contributed by atoms with Crippen LogP contribution in [0.25, 0.3) is 0 Å². The Hall–Kier alpha value is -2.50. The van der Waals surface area contributed by atoms with Gasteiger partial charge in [-0.3, -0.25) is 0 Å². The molecule has 0 saturated carbocycles. The maximum Gasteiger partial charge on any atom is 0.244 e. The van der Waals surface area contributed by atoms with Crippen LogP contribution in [-0.2, 0) is 31.9 Å². The van der Waals surface area contributed by atoms with Crippen molar-refractivity contribution in [3.8, 4) is 5.75 Å². The fourth-order valence-corrected chi connectivity index (χ4v) is 6.01. The molecule has 7 nitrogen and oxygen atoms in total. The smallest absolute Gasteiger partial charge is 0.244 e. The van der Waals surface area contributed by atoms with Crippen LogP contribution >= 0.6 is 11.8 Å². The molecule has 1 unspecified atom stereocenters. The number of benzene rings is 2. The molecule has 0 bridgehead atoms. The SMILES string of the molecule is O=S(=O)(c1ccc(SCc2cc(F)cc3c2OC(c2ccccc2)OC3)nc1)N1CCOCC1. The third-order valence-electron chi connectivity index (χ3n) is 5.59. The maximum atomic E-state index is 14.2. The average molecular weight is 503 g/mol. The lowest BCUT2D eigenvalue weighted by Crippen LogP contribution is -2.40. The predicted molar refractivity (Wildman–Crippen MR) is 124 cm³/mol. The van der Waals surface area contributed by atoms with Gasteiger partial charge < -0.3 is 14.2 Å². The van der Waals surface area contributed by atoms with Gasteiger partial charge in [-0.25, -0.2) is 17.8 Å². The summed E-state index contributed by atoms with van der Waals surface area (Å²) in [6.07, 6.45) is 0.801. The summed E-state index contributed by atoms with van der Waals surface area (Å²) in [6, 6.07) is 15.7. The molecule has 34 heavy (non-hydrogen) atoms. The summed E-state index contributed by atoms with van der Waals surface area (Å²) in [5.41, 5.74) is 2.23. The number of ether oxygens (including phenoxy) is 3. The summed E-state index contributed by atoms with van der Waals surface area (Å²) < 4.78 is 58.3. The molecule has 0 aliphatic carbocycles. The molecule has 0 radical (unpaired) electrons. The van der Waals surface area contributed by atoms with E-state index in [1.807, 2.05) is 30.3 Å². The van der Waals surface area contributed by atoms with Gasteiger partial charge in [0, 0.05) is 41.7 Å². The van der Waals surface area contributed by atoms with E-state index in [0.29, 0.717) is 54.0 Å². The number of hydrogen-bond acceptors (Lipinski definition) is 7. The molecular weight excluding hydrogens is 479 g/mol. The maximum absolute atomic E-state index is 14.2. The van der Waals surface area contributed by atoms with Crippen molar-refractivity contribution in [1.82, 2.24) is 9.29 Å². The normalized spacial score (nSPS) is 18.8. The van der Waals surface area contributed by atoms with Crippen molar-refractivity contribution in [3.05, 3.63) is 83.3 Å². The molecule has 0 N–H and O–H groups in total. The Balaban J connectivity index is 1.31. The van der Waals surface area contributed by atoms with Gasteiger partial charge in [-0.1, -0.05) is 30.3 Å². The Kier molecular flexibility index (Phi) is 6.84. The van der Waals surface area contributed by atoms with Gasteiger partial charge in [0.25, 0.3) is 0 Å². The fourth-order valence-electron chi connectivity index (χ4n) is 3.85. The van der Waals surface area contributed by atoms with Gasteiger partial charge in [-0.05, 0) is 24.3 Å². The van der Waals surface area contributed by atoms with Crippen molar-refractivity contribution >= 4 is 21.8 Å². The predicted octanol–water partition coefficient (Wildman–Crippen LogP) is 4.14. The number of pyridine rings is 1. The Morgan fingerprint density at radius 2 is 1.88 bits per heavy atom. The summed E-state index contributed by atoms with van der Waals surface area (Å²) in [6.45, 7) is 1.68. The summed E-state index contributed by atoms with van der Waals surface area (Å²) in [7, 11) is -3.60. The van der Waals surface area contributed by atoms with Crippen LogP contribution in [0.5, 0.6) is 5.75 Å². The minimum absolute atomic E-state index is 0.146. The highest BCUT2D eigenvalue weighted by atomic mass is 32.2. The largest absolute Gasteiger partial charge is 0.460 e. The van der Waals surface area contributed by atoms with Crippen LogP contribution in [0.4, 0.5) is 4.39 Å². The first-order valence-corrected chi connectivity index (χ1v) is 13.2. The lowest BCUT2D eigenvalue weighted by molar-refractivity contribution is -0.112. The molecule has 1 saturated heterocycles. The average Bonchev–Trinajstić information content (AvgIpc) is 2.88. The van der Waals surface area contributed by atoms with Crippen molar-refractivity contribution in [2.45, 2.75) is 28.6 Å². The van der Waals surface area contributed by atoms with Gasteiger partial charge in [0.2, 0.25) is 16.3 Å². The second-order valence-electron chi connectivity index (χ2n) is 7.86. The standard InChI is InChI=1S/C24H23FN2O5S2/c25-20-12-18-15-31-24(17-4-2-1-3-5-17)32-23(18)19(13-20)16-33-22-7-6-21(14-26-22)34(28,29)27-8-10-30-11-9-27/h1-7,12-14,24H,8-11,15-16H2. The molecule has 3 aromatic rings.